The number of hydrogen-bond acceptors (Lipinski definition) is 4. The Kier molecular flexibility index (Phi) is 7.87. The molecule has 1 N–H and O–H groups in total. The largest absolute Gasteiger partial charge is 0.315 e. The van der Waals surface area contributed by atoms with Crippen molar-refractivity contribution < 1.29 is 8.42 Å². The van der Waals surface area contributed by atoms with Crippen molar-refractivity contribution in [1.82, 2.24) is 9.62 Å². The van der Waals surface area contributed by atoms with E-state index >= 15 is 0 Å². The molecule has 0 radical (unpaired) electrons. The summed E-state index contributed by atoms with van der Waals surface area (Å²) in [5.41, 5.74) is 0. The van der Waals surface area contributed by atoms with Crippen molar-refractivity contribution in [1.29, 1.82) is 0 Å². The summed E-state index contributed by atoms with van der Waals surface area (Å²) in [4.78, 5) is 2.45. The lowest BCUT2D eigenvalue weighted by molar-refractivity contribution is 0.395. The summed E-state index contributed by atoms with van der Waals surface area (Å²) >= 11 is 1.56. The number of rotatable bonds is 10. The molecule has 21 heavy (non-hydrogen) atoms. The molecule has 6 heteroatoms. The molecule has 1 rings (SSSR count). The molecular weight excluding hydrogens is 304 g/mol. The molecule has 4 nitrogen and oxygen atoms in total. The second-order valence-electron chi connectivity index (χ2n) is 5.27. The van der Waals surface area contributed by atoms with Gasteiger partial charge in [-0.1, -0.05) is 26.7 Å². The summed E-state index contributed by atoms with van der Waals surface area (Å²) < 4.78 is 27.5. The number of nitrogens with zero attached hydrogens (tertiary/aromatic N) is 1. The van der Waals surface area contributed by atoms with Crippen LogP contribution in [0.15, 0.2) is 11.0 Å². The molecule has 0 saturated heterocycles. The van der Waals surface area contributed by atoms with Gasteiger partial charge in [0.1, 0.15) is 0 Å². The second kappa shape index (κ2) is 8.88. The van der Waals surface area contributed by atoms with Crippen molar-refractivity contribution >= 4 is 21.4 Å². The maximum absolute atomic E-state index is 12.9. The van der Waals surface area contributed by atoms with E-state index in [-0.39, 0.29) is 0 Å². The molecule has 0 fully saturated rings. The average molecular weight is 333 g/mol. The van der Waals surface area contributed by atoms with E-state index in [2.05, 4.69) is 19.2 Å². The third kappa shape index (κ3) is 5.06. The average Bonchev–Trinajstić information content (AvgIpc) is 2.80. The fraction of sp³-hybridized carbons (Fsp3) is 0.733. The first-order valence-electron chi connectivity index (χ1n) is 7.71. The third-order valence-electron chi connectivity index (χ3n) is 3.41. The van der Waals surface area contributed by atoms with E-state index in [1.54, 1.807) is 15.6 Å². The first kappa shape index (κ1) is 18.6. The van der Waals surface area contributed by atoms with Crippen LogP contribution >= 0.6 is 11.3 Å². The topological polar surface area (TPSA) is 49.4 Å². The molecule has 1 aromatic rings. The van der Waals surface area contributed by atoms with E-state index in [4.69, 9.17) is 0 Å². The zero-order valence-electron chi connectivity index (χ0n) is 13.6. The predicted molar refractivity (Wildman–Crippen MR) is 90.4 cm³/mol. The van der Waals surface area contributed by atoms with E-state index in [0.717, 1.165) is 35.4 Å². The summed E-state index contributed by atoms with van der Waals surface area (Å²) in [5, 5.41) is 3.08. The Morgan fingerprint density at radius 1 is 1.19 bits per heavy atom. The minimum absolute atomic E-state index is 0.491. The van der Waals surface area contributed by atoms with Crippen LogP contribution in [-0.2, 0) is 16.6 Å². The third-order valence-corrected chi connectivity index (χ3v) is 6.62. The Hall–Kier alpha value is -0.430. The van der Waals surface area contributed by atoms with Crippen LogP contribution < -0.4 is 5.32 Å². The molecule has 0 aliphatic carbocycles. The summed E-state index contributed by atoms with van der Waals surface area (Å²) in [6, 6.07) is 1.83. The normalized spacial score (nSPS) is 12.2. The van der Waals surface area contributed by atoms with Crippen molar-refractivity contribution in [2.75, 3.05) is 20.1 Å². The molecule has 122 valence electrons. The standard InChI is InChI=1S/C15H28N2O2S2/c1-5-7-9-17(10-8-6-2)21(18,19)15-11-14(12-16-4)20-13(15)3/h11,16H,5-10,12H2,1-4H3. The molecule has 0 spiro atoms. The van der Waals surface area contributed by atoms with E-state index in [0.29, 0.717) is 24.5 Å². The van der Waals surface area contributed by atoms with Gasteiger partial charge in [-0.2, -0.15) is 4.31 Å². The number of sulfonamides is 1. The van der Waals surface area contributed by atoms with Crippen LogP contribution in [0.25, 0.3) is 0 Å². The zero-order valence-corrected chi connectivity index (χ0v) is 15.2. The number of aryl methyl sites for hydroxylation is 1. The highest BCUT2D eigenvalue weighted by atomic mass is 32.2. The van der Waals surface area contributed by atoms with Crippen molar-refractivity contribution in [3.63, 3.8) is 0 Å². The summed E-state index contributed by atoms with van der Waals surface area (Å²) in [7, 11) is -1.48. The second-order valence-corrected chi connectivity index (χ2v) is 8.52. The molecule has 0 bridgehead atoms. The van der Waals surface area contributed by atoms with E-state index in [1.165, 1.54) is 0 Å². The summed E-state index contributed by atoms with van der Waals surface area (Å²) in [6.07, 6.45) is 3.84. The van der Waals surface area contributed by atoms with Crippen LogP contribution in [0.2, 0.25) is 0 Å². The lowest BCUT2D eigenvalue weighted by Crippen LogP contribution is -2.33. The van der Waals surface area contributed by atoms with Gasteiger partial charge in [0.2, 0.25) is 10.0 Å². The van der Waals surface area contributed by atoms with Gasteiger partial charge in [-0.05, 0) is 32.9 Å². The number of thiophene rings is 1. The highest BCUT2D eigenvalue weighted by Gasteiger charge is 2.26. The van der Waals surface area contributed by atoms with E-state index in [9.17, 15) is 8.42 Å². The van der Waals surface area contributed by atoms with Gasteiger partial charge in [-0.25, -0.2) is 8.42 Å². The number of nitrogens with one attached hydrogen (secondary N) is 1. The van der Waals surface area contributed by atoms with Crippen LogP contribution in [0.1, 0.15) is 49.3 Å². The van der Waals surface area contributed by atoms with Crippen molar-refractivity contribution in [2.45, 2.75) is 57.9 Å². The highest BCUT2D eigenvalue weighted by molar-refractivity contribution is 7.89. The maximum Gasteiger partial charge on any atom is 0.244 e. The first-order valence-corrected chi connectivity index (χ1v) is 9.97. The van der Waals surface area contributed by atoms with Gasteiger partial charge in [-0.3, -0.25) is 0 Å². The quantitative estimate of drug-likeness (QED) is 0.715. The molecule has 1 aromatic heterocycles. The molecule has 0 aliphatic heterocycles. The fourth-order valence-electron chi connectivity index (χ4n) is 2.20. The molecule has 0 unspecified atom stereocenters. The van der Waals surface area contributed by atoms with Crippen LogP contribution in [0.5, 0.6) is 0 Å². The molecule has 0 amide bonds. The molecule has 1 heterocycles. The molecule has 0 saturated carbocycles. The minimum atomic E-state index is -3.36. The van der Waals surface area contributed by atoms with Gasteiger partial charge in [0, 0.05) is 29.4 Å². The van der Waals surface area contributed by atoms with E-state index < -0.39 is 10.0 Å². The minimum Gasteiger partial charge on any atom is -0.315 e. The molecule has 0 aliphatic rings. The summed E-state index contributed by atoms with van der Waals surface area (Å²) in [5.74, 6) is 0. The Bertz CT molecular complexity index is 516. The first-order chi connectivity index (χ1) is 9.97. The van der Waals surface area contributed by atoms with Crippen molar-refractivity contribution in [3.05, 3.63) is 15.8 Å². The van der Waals surface area contributed by atoms with Gasteiger partial charge in [-0.15, -0.1) is 11.3 Å². The fourth-order valence-corrected chi connectivity index (χ4v) is 5.34. The van der Waals surface area contributed by atoms with E-state index in [1.807, 2.05) is 20.0 Å². The lowest BCUT2D eigenvalue weighted by Gasteiger charge is -2.21. The number of unbranched alkanes of at least 4 members (excludes halogenated alkanes) is 2. The lowest BCUT2D eigenvalue weighted by atomic mass is 10.3. The monoisotopic (exact) mass is 332 g/mol. The van der Waals surface area contributed by atoms with Gasteiger partial charge in [0.25, 0.3) is 0 Å². The van der Waals surface area contributed by atoms with Crippen LogP contribution in [0, 0.1) is 6.92 Å². The van der Waals surface area contributed by atoms with Gasteiger partial charge in [0.05, 0.1) is 4.90 Å². The van der Waals surface area contributed by atoms with Crippen molar-refractivity contribution in [2.24, 2.45) is 0 Å². The zero-order chi connectivity index (χ0) is 15.9. The van der Waals surface area contributed by atoms with Crippen LogP contribution in [0.4, 0.5) is 0 Å². The van der Waals surface area contributed by atoms with Gasteiger partial charge < -0.3 is 5.32 Å². The SMILES string of the molecule is CCCCN(CCCC)S(=O)(=O)c1cc(CNC)sc1C. The highest BCUT2D eigenvalue weighted by Crippen LogP contribution is 2.28. The van der Waals surface area contributed by atoms with Crippen LogP contribution in [0.3, 0.4) is 0 Å². The Labute approximate surface area is 133 Å². The molecule has 0 aromatic carbocycles. The van der Waals surface area contributed by atoms with Gasteiger partial charge >= 0.3 is 0 Å². The van der Waals surface area contributed by atoms with Crippen LogP contribution in [-0.4, -0.2) is 32.9 Å². The Morgan fingerprint density at radius 2 is 1.76 bits per heavy atom. The maximum atomic E-state index is 12.9. The Morgan fingerprint density at radius 3 is 2.24 bits per heavy atom. The van der Waals surface area contributed by atoms with Crippen molar-refractivity contribution in [3.8, 4) is 0 Å². The molecule has 0 atom stereocenters. The predicted octanol–water partition coefficient (Wildman–Crippen LogP) is 3.37. The Balaban J connectivity index is 3.03. The molecular formula is C15H28N2O2S2. The number of hydrogen-bond donors (Lipinski definition) is 1. The smallest absolute Gasteiger partial charge is 0.244 e. The van der Waals surface area contributed by atoms with Gasteiger partial charge in [0.15, 0.2) is 0 Å². The summed E-state index contributed by atoms with van der Waals surface area (Å²) in [6.45, 7) is 8.03.